The molecule has 1 amide bonds. The van der Waals surface area contributed by atoms with Crippen molar-refractivity contribution in [3.8, 4) is 11.1 Å². The zero-order valence-corrected chi connectivity index (χ0v) is 16.7. The minimum atomic E-state index is -7.23. The Labute approximate surface area is 178 Å². The van der Waals surface area contributed by atoms with Crippen LogP contribution in [0.1, 0.15) is 15.9 Å². The Balaban J connectivity index is 2.49. The molecular weight excluding hydrogens is 481 g/mol. The third kappa shape index (κ3) is 4.14. The van der Waals surface area contributed by atoms with Crippen molar-refractivity contribution in [2.24, 2.45) is 0 Å². The molecule has 0 saturated heterocycles. The number of hydrogen-bond donors (Lipinski definition) is 1. The molecule has 2 aromatic rings. The second-order valence-electron chi connectivity index (χ2n) is 6.39. The van der Waals surface area contributed by atoms with E-state index in [0.717, 1.165) is 23.4 Å². The van der Waals surface area contributed by atoms with Crippen LogP contribution in [0.3, 0.4) is 0 Å². The van der Waals surface area contributed by atoms with E-state index in [1.54, 1.807) is 19.1 Å². The molecule has 0 saturated carbocycles. The lowest BCUT2D eigenvalue weighted by Gasteiger charge is -2.32. The number of rotatable bonds is 6. The van der Waals surface area contributed by atoms with E-state index in [4.69, 9.17) is 0 Å². The lowest BCUT2D eigenvalue weighted by Crippen LogP contribution is -2.64. The van der Waals surface area contributed by atoms with Crippen LogP contribution in [0.2, 0.25) is 0 Å². The van der Waals surface area contributed by atoms with Gasteiger partial charge in [-0.25, -0.2) is 4.79 Å². The van der Waals surface area contributed by atoms with Crippen LogP contribution in [0.5, 0.6) is 0 Å². The number of halogens is 9. The Morgan fingerprint density at radius 2 is 1.44 bits per heavy atom. The monoisotopic (exact) mass is 493 g/mol. The highest BCUT2D eigenvalue weighted by Crippen LogP contribution is 2.53. The molecule has 1 aromatic heterocycles. The van der Waals surface area contributed by atoms with Crippen molar-refractivity contribution in [1.29, 1.82) is 0 Å². The number of amides is 1. The fraction of sp³-hybridized carbons (Fsp3) is 0.333. The van der Waals surface area contributed by atoms with Gasteiger partial charge in [0.15, 0.2) is 0 Å². The van der Waals surface area contributed by atoms with Crippen molar-refractivity contribution in [2.75, 3.05) is 12.4 Å². The Bertz CT molecular complexity index is 1010. The van der Waals surface area contributed by atoms with E-state index in [1.165, 1.54) is 12.1 Å². The molecule has 0 aliphatic heterocycles. The van der Waals surface area contributed by atoms with Gasteiger partial charge in [0.25, 0.3) is 0 Å². The van der Waals surface area contributed by atoms with Gasteiger partial charge in [0, 0.05) is 10.9 Å². The number of methoxy groups -OCH3 is 1. The smallest absolute Gasteiger partial charge is 0.460 e. The van der Waals surface area contributed by atoms with Gasteiger partial charge in [0.1, 0.15) is 10.6 Å². The van der Waals surface area contributed by atoms with Crippen LogP contribution < -0.4 is 5.32 Å². The van der Waals surface area contributed by atoms with Crippen LogP contribution >= 0.6 is 11.3 Å². The van der Waals surface area contributed by atoms with E-state index in [1.807, 2.05) is 0 Å². The van der Waals surface area contributed by atoms with E-state index < -0.39 is 46.4 Å². The quantitative estimate of drug-likeness (QED) is 0.402. The molecule has 0 aliphatic rings. The molecule has 32 heavy (non-hydrogen) atoms. The van der Waals surface area contributed by atoms with Crippen LogP contribution in [0.4, 0.5) is 44.5 Å². The highest BCUT2D eigenvalue weighted by Gasteiger charge is 2.83. The number of ether oxygens (including phenoxy) is 1. The molecule has 0 fully saturated rings. The number of thiophene rings is 1. The summed E-state index contributed by atoms with van der Waals surface area (Å²) < 4.78 is 122. The van der Waals surface area contributed by atoms with Crippen molar-refractivity contribution in [3.05, 3.63) is 40.8 Å². The zero-order valence-electron chi connectivity index (χ0n) is 15.9. The Morgan fingerprint density at radius 3 is 1.91 bits per heavy atom. The normalized spacial score (nSPS) is 13.1. The molecule has 176 valence electrons. The number of carbonyl (C=O) groups excluding carboxylic acids is 2. The van der Waals surface area contributed by atoms with Gasteiger partial charge in [-0.1, -0.05) is 29.8 Å². The second kappa shape index (κ2) is 8.30. The summed E-state index contributed by atoms with van der Waals surface area (Å²) in [5.41, 5.74) is 0.530. The van der Waals surface area contributed by atoms with E-state index in [2.05, 4.69) is 4.74 Å². The van der Waals surface area contributed by atoms with Crippen LogP contribution in [0.15, 0.2) is 29.6 Å². The lowest BCUT2D eigenvalue weighted by molar-refractivity contribution is -0.388. The number of aryl methyl sites for hydroxylation is 1. The first-order chi connectivity index (χ1) is 14.5. The molecule has 4 nitrogen and oxygen atoms in total. The summed E-state index contributed by atoms with van der Waals surface area (Å²) in [5, 5.41) is 1.47. The molecule has 0 atom stereocenters. The summed E-state index contributed by atoms with van der Waals surface area (Å²) in [6.07, 6.45) is -7.07. The van der Waals surface area contributed by atoms with Gasteiger partial charge < -0.3 is 10.1 Å². The number of benzene rings is 1. The number of anilines is 1. The topological polar surface area (TPSA) is 55.4 Å². The number of nitrogens with one attached hydrogen (secondary N) is 1. The number of esters is 1. The SMILES string of the molecule is COC(=O)c1c(-c2ccc(C)cc2)csc1NC(=O)C(F)(F)C(F)(F)C(F)(F)C(F)(F)F. The number of alkyl halides is 9. The first-order valence-electron chi connectivity index (χ1n) is 8.27. The maximum atomic E-state index is 13.8. The minimum Gasteiger partial charge on any atom is -0.465 e. The van der Waals surface area contributed by atoms with Crippen molar-refractivity contribution < 1.29 is 53.8 Å². The predicted molar refractivity (Wildman–Crippen MR) is 95.4 cm³/mol. The Kier molecular flexibility index (Phi) is 6.61. The first kappa shape index (κ1) is 25.5. The van der Waals surface area contributed by atoms with E-state index in [9.17, 15) is 49.1 Å². The minimum absolute atomic E-state index is 0.00727. The third-order valence-electron chi connectivity index (χ3n) is 4.20. The summed E-state index contributed by atoms with van der Waals surface area (Å²) >= 11 is 0.366. The maximum absolute atomic E-state index is 13.8. The number of hydrogen-bond acceptors (Lipinski definition) is 4. The average molecular weight is 493 g/mol. The zero-order chi connectivity index (χ0) is 24.7. The van der Waals surface area contributed by atoms with Gasteiger partial charge in [-0.15, -0.1) is 11.3 Å². The van der Waals surface area contributed by atoms with Crippen LogP contribution in [0.25, 0.3) is 11.1 Å². The van der Waals surface area contributed by atoms with E-state index in [-0.39, 0.29) is 5.56 Å². The first-order valence-corrected chi connectivity index (χ1v) is 9.15. The largest absolute Gasteiger partial charge is 0.465 e. The van der Waals surface area contributed by atoms with Gasteiger partial charge in [-0.05, 0) is 12.5 Å². The second-order valence-corrected chi connectivity index (χ2v) is 7.27. The van der Waals surface area contributed by atoms with Gasteiger partial charge in [0.05, 0.1) is 7.11 Å². The highest BCUT2D eigenvalue weighted by molar-refractivity contribution is 7.15. The Hall–Kier alpha value is -2.77. The lowest BCUT2D eigenvalue weighted by atomic mass is 10.0. The molecule has 1 heterocycles. The van der Waals surface area contributed by atoms with Crippen molar-refractivity contribution in [2.45, 2.75) is 30.9 Å². The van der Waals surface area contributed by atoms with Crippen molar-refractivity contribution in [3.63, 3.8) is 0 Å². The average Bonchev–Trinajstić information content (AvgIpc) is 3.10. The Morgan fingerprint density at radius 1 is 0.906 bits per heavy atom. The fourth-order valence-electron chi connectivity index (χ4n) is 2.40. The molecule has 2 rings (SSSR count). The standard InChI is InChI=1S/C18H12F9NO3S/c1-8-3-5-9(6-4-8)10-7-32-12(11(10)13(29)31-2)28-14(30)15(19,20)16(21,22)17(23,24)18(25,26)27/h3-7H,1-2H3,(H,28,30). The summed E-state index contributed by atoms with van der Waals surface area (Å²) in [6, 6.07) is 6.17. The molecular formula is C18H12F9NO3S. The summed E-state index contributed by atoms with van der Waals surface area (Å²) in [4.78, 5) is 23.8. The van der Waals surface area contributed by atoms with Gasteiger partial charge >= 0.3 is 35.8 Å². The highest BCUT2D eigenvalue weighted by atomic mass is 32.1. The van der Waals surface area contributed by atoms with Crippen molar-refractivity contribution in [1.82, 2.24) is 0 Å². The molecule has 0 unspecified atom stereocenters. The van der Waals surface area contributed by atoms with Gasteiger partial charge in [-0.2, -0.15) is 39.5 Å². The van der Waals surface area contributed by atoms with E-state index in [0.29, 0.717) is 16.9 Å². The summed E-state index contributed by atoms with van der Waals surface area (Å²) in [7, 11) is 0.872. The molecule has 1 aromatic carbocycles. The molecule has 14 heteroatoms. The molecule has 0 spiro atoms. The molecule has 0 radical (unpaired) electrons. The van der Waals surface area contributed by atoms with Gasteiger partial charge in [-0.3, -0.25) is 4.79 Å². The van der Waals surface area contributed by atoms with Gasteiger partial charge in [0.2, 0.25) is 0 Å². The van der Waals surface area contributed by atoms with E-state index >= 15 is 0 Å². The van der Waals surface area contributed by atoms with Crippen LogP contribution in [-0.2, 0) is 9.53 Å². The maximum Gasteiger partial charge on any atom is 0.460 e. The summed E-state index contributed by atoms with van der Waals surface area (Å²) in [6.45, 7) is 1.73. The number of carbonyl (C=O) groups is 2. The fourth-order valence-corrected chi connectivity index (χ4v) is 3.35. The molecule has 0 bridgehead atoms. The predicted octanol–water partition coefficient (Wildman–Crippen LogP) is 5.92. The van der Waals surface area contributed by atoms with Crippen LogP contribution in [0, 0.1) is 6.92 Å². The van der Waals surface area contributed by atoms with Crippen molar-refractivity contribution >= 4 is 28.2 Å². The molecule has 1 N–H and O–H groups in total. The van der Waals surface area contributed by atoms with Crippen LogP contribution in [-0.4, -0.2) is 42.9 Å². The summed E-state index contributed by atoms with van der Waals surface area (Å²) in [5.74, 6) is -25.3. The molecule has 0 aliphatic carbocycles. The third-order valence-corrected chi connectivity index (χ3v) is 5.10.